The molecular weight excluding hydrogens is 356 g/mol. The van der Waals surface area contributed by atoms with E-state index in [0.717, 1.165) is 25.9 Å². The lowest BCUT2D eigenvalue weighted by Gasteiger charge is -2.38. The third-order valence-electron chi connectivity index (χ3n) is 7.66. The van der Waals surface area contributed by atoms with Crippen LogP contribution >= 0.6 is 0 Å². The van der Waals surface area contributed by atoms with Crippen molar-refractivity contribution >= 4 is 0 Å². The third kappa shape index (κ3) is 2.25. The molecule has 2 unspecified atom stereocenters. The maximum absolute atomic E-state index is 6.17. The van der Waals surface area contributed by atoms with E-state index in [1.165, 1.54) is 39.8 Å². The highest BCUT2D eigenvalue weighted by Gasteiger charge is 2.60. The molecule has 3 aromatic carbocycles. The van der Waals surface area contributed by atoms with Gasteiger partial charge >= 0.3 is 0 Å². The first-order chi connectivity index (χ1) is 14.3. The molecule has 2 nitrogen and oxygen atoms in total. The summed E-state index contributed by atoms with van der Waals surface area (Å²) in [5.74, 6) is -0.120. The molecule has 2 atom stereocenters. The highest BCUT2D eigenvalue weighted by molar-refractivity contribution is 5.80. The topological polar surface area (TPSA) is 18.5 Å². The van der Waals surface area contributed by atoms with Gasteiger partial charge in [0.25, 0.3) is 0 Å². The second kappa shape index (κ2) is 6.29. The summed E-state index contributed by atoms with van der Waals surface area (Å²) < 4.78 is 12.2. The Morgan fingerprint density at radius 2 is 1.45 bits per heavy atom. The highest BCUT2D eigenvalue weighted by atomic mass is 16.7. The number of hydrogen-bond donors (Lipinski definition) is 0. The van der Waals surface area contributed by atoms with Crippen LogP contribution in [0.2, 0.25) is 0 Å². The number of ether oxygens (including phenoxy) is 2. The number of benzene rings is 3. The maximum Gasteiger partial charge on any atom is 0.177 e. The predicted molar refractivity (Wildman–Crippen MR) is 115 cm³/mol. The molecule has 3 aromatic rings. The van der Waals surface area contributed by atoms with Gasteiger partial charge in [0.05, 0.1) is 12.0 Å². The Morgan fingerprint density at radius 1 is 0.793 bits per heavy atom. The van der Waals surface area contributed by atoms with Crippen molar-refractivity contribution in [3.05, 3.63) is 95.1 Å². The van der Waals surface area contributed by atoms with Crippen LogP contribution in [0, 0.1) is 0 Å². The van der Waals surface area contributed by atoms with E-state index < -0.39 is 5.79 Å². The van der Waals surface area contributed by atoms with Gasteiger partial charge in [-0.05, 0) is 52.6 Å². The Labute approximate surface area is 172 Å². The molecule has 0 spiro atoms. The summed E-state index contributed by atoms with van der Waals surface area (Å²) in [5, 5.41) is 0. The molecule has 0 bridgehead atoms. The molecule has 146 valence electrons. The second-order valence-corrected chi connectivity index (χ2v) is 8.72. The zero-order valence-electron chi connectivity index (χ0n) is 16.9. The van der Waals surface area contributed by atoms with Gasteiger partial charge in [-0.1, -0.05) is 72.8 Å². The fourth-order valence-corrected chi connectivity index (χ4v) is 6.34. The Morgan fingerprint density at radius 3 is 2.10 bits per heavy atom. The number of fused-ring (bicyclic) bond motifs is 4. The SMILES string of the molecule is COC12CCCC1(c1ccc(C3c4ccccc4-c4ccccc43)cc1)CCO2. The molecule has 0 amide bonds. The van der Waals surface area contributed by atoms with Crippen molar-refractivity contribution in [2.45, 2.75) is 42.8 Å². The lowest BCUT2D eigenvalue weighted by Crippen LogP contribution is -2.45. The van der Waals surface area contributed by atoms with Crippen LogP contribution < -0.4 is 0 Å². The van der Waals surface area contributed by atoms with E-state index in [1.807, 2.05) is 7.11 Å². The number of hydrogen-bond acceptors (Lipinski definition) is 2. The normalized spacial score (nSPS) is 27.6. The fraction of sp³-hybridized carbons (Fsp3) is 0.333. The van der Waals surface area contributed by atoms with E-state index in [-0.39, 0.29) is 5.41 Å². The summed E-state index contributed by atoms with van der Waals surface area (Å²) in [6.45, 7) is 0.791. The molecule has 1 saturated carbocycles. The zero-order valence-corrected chi connectivity index (χ0v) is 16.9. The summed E-state index contributed by atoms with van der Waals surface area (Å²) in [7, 11) is 1.81. The van der Waals surface area contributed by atoms with E-state index in [1.54, 1.807) is 0 Å². The summed E-state index contributed by atoms with van der Waals surface area (Å²) >= 11 is 0. The number of methoxy groups -OCH3 is 1. The van der Waals surface area contributed by atoms with Gasteiger partial charge in [0.1, 0.15) is 0 Å². The van der Waals surface area contributed by atoms with Gasteiger partial charge in [-0.3, -0.25) is 0 Å². The molecule has 0 N–H and O–H groups in total. The molecule has 0 aromatic heterocycles. The van der Waals surface area contributed by atoms with Crippen molar-refractivity contribution in [2.24, 2.45) is 0 Å². The van der Waals surface area contributed by atoms with E-state index in [4.69, 9.17) is 9.47 Å². The van der Waals surface area contributed by atoms with Crippen molar-refractivity contribution in [3.8, 4) is 11.1 Å². The van der Waals surface area contributed by atoms with Crippen LogP contribution in [0.4, 0.5) is 0 Å². The molecule has 6 rings (SSSR count). The lowest BCUT2D eigenvalue weighted by molar-refractivity contribution is -0.213. The molecule has 1 heterocycles. The Balaban J connectivity index is 1.43. The largest absolute Gasteiger partial charge is 0.352 e. The molecule has 29 heavy (non-hydrogen) atoms. The van der Waals surface area contributed by atoms with Crippen LogP contribution in [0.25, 0.3) is 11.1 Å². The van der Waals surface area contributed by atoms with Gasteiger partial charge in [0, 0.05) is 19.4 Å². The molecule has 1 aliphatic heterocycles. The van der Waals surface area contributed by atoms with Gasteiger partial charge in [-0.15, -0.1) is 0 Å². The van der Waals surface area contributed by atoms with Crippen LogP contribution in [0.3, 0.4) is 0 Å². The van der Waals surface area contributed by atoms with Crippen LogP contribution in [-0.2, 0) is 14.9 Å². The highest BCUT2D eigenvalue weighted by Crippen LogP contribution is 2.57. The van der Waals surface area contributed by atoms with Crippen molar-refractivity contribution in [1.82, 2.24) is 0 Å². The Hall–Kier alpha value is -2.42. The summed E-state index contributed by atoms with van der Waals surface area (Å²) in [4.78, 5) is 0. The smallest absolute Gasteiger partial charge is 0.177 e. The first-order valence-corrected chi connectivity index (χ1v) is 10.8. The van der Waals surface area contributed by atoms with E-state index in [2.05, 4.69) is 72.8 Å². The molecule has 2 heteroatoms. The monoisotopic (exact) mass is 382 g/mol. The predicted octanol–water partition coefficient (Wildman–Crippen LogP) is 6.03. The minimum absolute atomic E-state index is 0.00572. The minimum Gasteiger partial charge on any atom is -0.352 e. The summed E-state index contributed by atoms with van der Waals surface area (Å²) in [6.07, 6.45) is 4.36. The fourth-order valence-electron chi connectivity index (χ4n) is 6.34. The quantitative estimate of drug-likeness (QED) is 0.430. The molecule has 2 fully saturated rings. The molecule has 1 saturated heterocycles. The third-order valence-corrected chi connectivity index (χ3v) is 7.66. The molecule has 0 radical (unpaired) electrons. The van der Waals surface area contributed by atoms with Crippen LogP contribution in [0.1, 0.15) is 53.9 Å². The van der Waals surface area contributed by atoms with Gasteiger partial charge < -0.3 is 9.47 Å². The van der Waals surface area contributed by atoms with Crippen molar-refractivity contribution < 1.29 is 9.47 Å². The first-order valence-electron chi connectivity index (χ1n) is 10.8. The first kappa shape index (κ1) is 17.4. The Bertz CT molecular complexity index is 1010. The molecule has 3 aliphatic rings. The van der Waals surface area contributed by atoms with Crippen LogP contribution in [-0.4, -0.2) is 19.5 Å². The summed E-state index contributed by atoms with van der Waals surface area (Å²) in [6, 6.07) is 27.0. The lowest BCUT2D eigenvalue weighted by atomic mass is 9.73. The minimum atomic E-state index is -0.429. The van der Waals surface area contributed by atoms with E-state index in [9.17, 15) is 0 Å². The molecule has 2 aliphatic carbocycles. The van der Waals surface area contributed by atoms with Gasteiger partial charge in [-0.25, -0.2) is 0 Å². The van der Waals surface area contributed by atoms with Crippen LogP contribution in [0.5, 0.6) is 0 Å². The zero-order chi connectivity index (χ0) is 19.5. The summed E-state index contributed by atoms with van der Waals surface area (Å²) in [5.41, 5.74) is 8.31. The van der Waals surface area contributed by atoms with E-state index >= 15 is 0 Å². The van der Waals surface area contributed by atoms with Gasteiger partial charge in [0.2, 0.25) is 0 Å². The van der Waals surface area contributed by atoms with Crippen molar-refractivity contribution in [1.29, 1.82) is 0 Å². The average molecular weight is 383 g/mol. The second-order valence-electron chi connectivity index (χ2n) is 8.72. The Kier molecular flexibility index (Phi) is 3.78. The van der Waals surface area contributed by atoms with Crippen molar-refractivity contribution in [3.63, 3.8) is 0 Å². The maximum atomic E-state index is 6.17. The van der Waals surface area contributed by atoms with Gasteiger partial charge in [-0.2, -0.15) is 0 Å². The number of rotatable bonds is 3. The van der Waals surface area contributed by atoms with Crippen molar-refractivity contribution in [2.75, 3.05) is 13.7 Å². The standard InChI is InChI=1S/C27H26O2/c1-28-27-16-6-15-26(27,17-18-29-27)20-13-11-19(12-14-20)25-23-9-4-2-7-21(23)22-8-3-5-10-24(22)25/h2-5,7-14,25H,6,15-18H2,1H3. The van der Waals surface area contributed by atoms with Crippen LogP contribution in [0.15, 0.2) is 72.8 Å². The average Bonchev–Trinajstić information content (AvgIpc) is 3.42. The van der Waals surface area contributed by atoms with Gasteiger partial charge in [0.15, 0.2) is 5.79 Å². The van der Waals surface area contributed by atoms with E-state index in [0.29, 0.717) is 5.92 Å². The molecular formula is C27H26O2.